The van der Waals surface area contributed by atoms with Gasteiger partial charge < -0.3 is 30.7 Å². The van der Waals surface area contributed by atoms with E-state index in [4.69, 9.17) is 15.2 Å². The molecule has 1 aliphatic heterocycles. The molecule has 10 nitrogen and oxygen atoms in total. The van der Waals surface area contributed by atoms with Gasteiger partial charge in [-0.15, -0.1) is 0 Å². The van der Waals surface area contributed by atoms with Crippen molar-refractivity contribution in [1.29, 1.82) is 0 Å². The number of rotatable bonds is 10. The number of nitrogens with one attached hydrogen (secondary N) is 1. The van der Waals surface area contributed by atoms with Gasteiger partial charge in [0.05, 0.1) is 18.2 Å². The zero-order valence-electron chi connectivity index (χ0n) is 30.0. The van der Waals surface area contributed by atoms with Crippen LogP contribution in [0.2, 0.25) is 0 Å². The Morgan fingerprint density at radius 3 is 2.51 bits per heavy atom. The highest BCUT2D eigenvalue weighted by molar-refractivity contribution is 6.01. The van der Waals surface area contributed by atoms with Gasteiger partial charge in [0, 0.05) is 40.8 Å². The van der Waals surface area contributed by atoms with Crippen LogP contribution in [0.1, 0.15) is 69.4 Å². The number of alkyl halides is 2. The van der Waals surface area contributed by atoms with Crippen LogP contribution in [-0.4, -0.2) is 75.8 Å². The van der Waals surface area contributed by atoms with Gasteiger partial charge in [0.25, 0.3) is 0 Å². The third-order valence-corrected chi connectivity index (χ3v) is 12.6. The molecule has 0 radical (unpaired) electrons. The lowest BCUT2D eigenvalue weighted by atomic mass is 9.48. The normalized spacial score (nSPS) is 36.7. The molecule has 12 atom stereocenters. The van der Waals surface area contributed by atoms with Crippen molar-refractivity contribution in [1.82, 2.24) is 0 Å². The van der Waals surface area contributed by atoms with Crippen LogP contribution in [0.15, 0.2) is 72.3 Å². The van der Waals surface area contributed by atoms with E-state index in [1.807, 2.05) is 42.5 Å². The fourth-order valence-electron chi connectivity index (χ4n) is 9.93. The molecule has 4 fully saturated rings. The summed E-state index contributed by atoms with van der Waals surface area (Å²) in [7, 11) is 0. The van der Waals surface area contributed by atoms with E-state index in [2.05, 4.69) is 5.32 Å². The molecule has 2 aromatic rings. The van der Waals surface area contributed by atoms with Crippen molar-refractivity contribution in [2.24, 2.45) is 34.8 Å². The molecule has 1 saturated heterocycles. The maximum absolute atomic E-state index is 17.3. The van der Waals surface area contributed by atoms with Gasteiger partial charge >= 0.3 is 0 Å². The predicted molar refractivity (Wildman–Crippen MR) is 190 cm³/mol. The highest BCUT2D eigenvalue weighted by Crippen LogP contribution is 2.70. The number of benzene rings is 2. The van der Waals surface area contributed by atoms with Gasteiger partial charge in [-0.3, -0.25) is 19.2 Å². The molecule has 5 N–H and O–H groups in total. The van der Waals surface area contributed by atoms with Crippen molar-refractivity contribution < 1.29 is 47.6 Å². The van der Waals surface area contributed by atoms with Crippen LogP contribution in [0.5, 0.6) is 0 Å². The molecule has 4 aliphatic carbocycles. The number of hydrogen-bond acceptors (Lipinski definition) is 9. The first-order chi connectivity index (χ1) is 25.1. The topological polar surface area (TPSA) is 165 Å². The molecule has 0 spiro atoms. The van der Waals surface area contributed by atoms with E-state index in [1.54, 1.807) is 26.8 Å². The number of nitrogens with two attached hydrogens (primary N) is 1. The fraction of sp³-hybridized carbons (Fsp3) is 0.512. The van der Waals surface area contributed by atoms with E-state index < -0.39 is 89.2 Å². The molecule has 12 heteroatoms. The van der Waals surface area contributed by atoms with Gasteiger partial charge in [-0.1, -0.05) is 56.3 Å². The molecule has 3 saturated carbocycles. The molecule has 2 aromatic carbocycles. The number of amides is 1. The number of aliphatic hydroxyl groups is 2. The minimum atomic E-state index is -2.26. The minimum Gasteiger partial charge on any atom is -0.390 e. The number of anilines is 1. The largest absolute Gasteiger partial charge is 0.390 e. The Balaban J connectivity index is 1.07. The van der Waals surface area contributed by atoms with Crippen LogP contribution < -0.4 is 11.1 Å². The summed E-state index contributed by atoms with van der Waals surface area (Å²) in [6.07, 6.45) is -1.07. The number of Topliss-reactive ketones (excluding diaryl/α,β-unsaturated/α-hetero) is 2. The van der Waals surface area contributed by atoms with Crippen molar-refractivity contribution in [3.05, 3.63) is 89.0 Å². The Kier molecular flexibility index (Phi) is 9.68. The van der Waals surface area contributed by atoms with Gasteiger partial charge in [-0.2, -0.15) is 0 Å². The van der Waals surface area contributed by atoms with Gasteiger partial charge in [0.1, 0.15) is 24.2 Å². The first-order valence-electron chi connectivity index (χ1n) is 18.3. The Bertz CT molecular complexity index is 1880. The second-order valence-electron chi connectivity index (χ2n) is 15.9. The van der Waals surface area contributed by atoms with Gasteiger partial charge in [0.2, 0.25) is 5.91 Å². The van der Waals surface area contributed by atoms with Crippen LogP contribution in [0.3, 0.4) is 0 Å². The number of ketones is 3. The number of carbonyl (C=O) groups is 4. The van der Waals surface area contributed by atoms with E-state index in [1.165, 1.54) is 12.2 Å². The van der Waals surface area contributed by atoms with Gasteiger partial charge in [-0.25, -0.2) is 8.78 Å². The Morgan fingerprint density at radius 1 is 1.08 bits per heavy atom. The maximum atomic E-state index is 17.3. The lowest BCUT2D eigenvalue weighted by molar-refractivity contribution is -0.223. The smallest absolute Gasteiger partial charge is 0.227 e. The quantitative estimate of drug-likeness (QED) is 0.277. The van der Waals surface area contributed by atoms with Crippen molar-refractivity contribution in [3.63, 3.8) is 0 Å². The van der Waals surface area contributed by atoms with E-state index in [0.29, 0.717) is 17.7 Å². The summed E-state index contributed by atoms with van der Waals surface area (Å²) in [5.74, 6) is -4.78. The molecular formula is C41H46F2N2O8. The van der Waals surface area contributed by atoms with Crippen molar-refractivity contribution in [2.75, 3.05) is 11.9 Å². The van der Waals surface area contributed by atoms with Gasteiger partial charge in [-0.05, 0) is 79.5 Å². The molecule has 282 valence electrons. The van der Waals surface area contributed by atoms with E-state index in [9.17, 15) is 29.4 Å². The number of halogens is 2. The molecule has 7 rings (SSSR count). The standard InChI is InChI=1S/C41H46F2N2O8/c1-21(13-33(48)22(2)44)37(51)45-26-6-4-5-24(15-26)14-23-7-9-25(10-8-23)38-52-36-18-30-31-17-32(42)28-16-27(47)11-12-29(28)40(31,43)34(49)19-39(30,3)41(36,53-38)35(50)20-46/h4-12,15-16,21-22,29-32,34,36,38,46,49H,13-14,17-20,44H2,1-3H3,(H,45,51)/t21-,22+,29?,30+,31+,32+,34+,36-,38?,39+,40+,41-/m1/s1. The highest BCUT2D eigenvalue weighted by atomic mass is 19.1. The third kappa shape index (κ3) is 6.03. The number of allylic oxidation sites excluding steroid dienone is 4. The van der Waals surface area contributed by atoms with Crippen LogP contribution in [0.4, 0.5) is 14.5 Å². The Morgan fingerprint density at radius 2 is 1.81 bits per heavy atom. The van der Waals surface area contributed by atoms with E-state index in [-0.39, 0.29) is 42.9 Å². The second-order valence-corrected chi connectivity index (χ2v) is 15.9. The summed E-state index contributed by atoms with van der Waals surface area (Å²) < 4.78 is 45.9. The average molecular weight is 733 g/mol. The minimum absolute atomic E-state index is 0.0332. The Labute approximate surface area is 306 Å². The first kappa shape index (κ1) is 37.4. The SMILES string of the molecule is C[C@H](N)C(=O)C[C@@H](C)C(=O)Nc1cccc(Cc2ccc(C3O[C@@H]4C[C@H]5[C@@H]6C[C@H](F)C7=CC(=O)C=CC7[C@@]6(F)[C@@H](O)C[C@]5(C)[C@]4(C(=O)CO)O3)cc2)c1. The van der Waals surface area contributed by atoms with Crippen LogP contribution in [0, 0.1) is 29.1 Å². The fourth-order valence-corrected chi connectivity index (χ4v) is 9.93. The number of hydrogen-bond donors (Lipinski definition) is 4. The van der Waals surface area contributed by atoms with Gasteiger partial charge in [0.15, 0.2) is 23.5 Å². The maximum Gasteiger partial charge on any atom is 0.227 e. The number of ether oxygens (including phenoxy) is 2. The summed E-state index contributed by atoms with van der Waals surface area (Å²) in [6.45, 7) is 4.17. The molecule has 1 heterocycles. The van der Waals surface area contributed by atoms with Crippen molar-refractivity contribution in [2.45, 2.75) is 94.9 Å². The van der Waals surface area contributed by atoms with E-state index >= 15 is 8.78 Å². The molecular weight excluding hydrogens is 686 g/mol. The van der Waals surface area contributed by atoms with Crippen molar-refractivity contribution >= 4 is 28.9 Å². The zero-order valence-corrected chi connectivity index (χ0v) is 30.0. The van der Waals surface area contributed by atoms with E-state index in [0.717, 1.165) is 17.2 Å². The highest BCUT2D eigenvalue weighted by Gasteiger charge is 2.78. The lowest BCUT2D eigenvalue weighted by Crippen LogP contribution is -2.68. The molecule has 5 aliphatic rings. The third-order valence-electron chi connectivity index (χ3n) is 12.6. The average Bonchev–Trinajstić information content (AvgIpc) is 3.62. The number of fused-ring (bicyclic) bond motifs is 7. The van der Waals surface area contributed by atoms with Crippen LogP contribution in [-0.2, 0) is 35.1 Å². The molecule has 0 aromatic heterocycles. The number of carbonyl (C=O) groups excluding carboxylic acids is 4. The zero-order chi connectivity index (χ0) is 38.0. The predicted octanol–water partition coefficient (Wildman–Crippen LogP) is 4.41. The Hall–Kier alpha value is -3.94. The summed E-state index contributed by atoms with van der Waals surface area (Å²) >= 11 is 0. The number of aliphatic hydroxyl groups excluding tert-OH is 2. The van der Waals surface area contributed by atoms with Crippen LogP contribution >= 0.6 is 0 Å². The van der Waals surface area contributed by atoms with Crippen molar-refractivity contribution in [3.8, 4) is 0 Å². The van der Waals surface area contributed by atoms with Crippen LogP contribution in [0.25, 0.3) is 0 Å². The monoisotopic (exact) mass is 732 g/mol. The molecule has 2 unspecified atom stereocenters. The summed E-state index contributed by atoms with van der Waals surface area (Å²) in [4.78, 5) is 50.5. The second kappa shape index (κ2) is 13.7. The first-order valence-corrected chi connectivity index (χ1v) is 18.3. The molecule has 0 bridgehead atoms. The summed E-state index contributed by atoms with van der Waals surface area (Å²) in [5, 5.41) is 24.7. The summed E-state index contributed by atoms with van der Waals surface area (Å²) in [5.41, 5.74) is 3.60. The lowest BCUT2D eigenvalue weighted by Gasteiger charge is -2.59. The summed E-state index contributed by atoms with van der Waals surface area (Å²) in [6, 6.07) is 14.2. The molecule has 1 amide bonds. The molecule has 53 heavy (non-hydrogen) atoms.